The van der Waals surface area contributed by atoms with Crippen molar-refractivity contribution in [2.75, 3.05) is 37.6 Å². The van der Waals surface area contributed by atoms with Gasteiger partial charge >= 0.3 is 0 Å². The first-order valence-electron chi connectivity index (χ1n) is 7.63. The van der Waals surface area contributed by atoms with Gasteiger partial charge in [0.25, 0.3) is 0 Å². The molecule has 120 valence electrons. The van der Waals surface area contributed by atoms with E-state index in [1.807, 2.05) is 24.3 Å². The van der Waals surface area contributed by atoms with Crippen molar-refractivity contribution in [3.8, 4) is 0 Å². The maximum atomic E-state index is 13.0. The van der Waals surface area contributed by atoms with Gasteiger partial charge in [-0.05, 0) is 36.4 Å². The Morgan fingerprint density at radius 3 is 2.17 bits per heavy atom. The Hall–Kier alpha value is -1.72. The van der Waals surface area contributed by atoms with Gasteiger partial charge in [-0.2, -0.15) is 0 Å². The number of anilines is 1. The lowest BCUT2D eigenvalue weighted by atomic mass is 10.1. The zero-order valence-corrected chi connectivity index (χ0v) is 14.3. The number of Topliss-reactive ketones (excluding diaryl/α,β-unsaturated/α-hetero) is 1. The van der Waals surface area contributed by atoms with E-state index in [9.17, 15) is 9.18 Å². The van der Waals surface area contributed by atoms with Crippen LogP contribution in [-0.2, 0) is 0 Å². The molecule has 0 radical (unpaired) electrons. The van der Waals surface area contributed by atoms with E-state index >= 15 is 0 Å². The maximum absolute atomic E-state index is 13.0. The molecule has 23 heavy (non-hydrogen) atoms. The van der Waals surface area contributed by atoms with Crippen LogP contribution in [0.5, 0.6) is 0 Å². The normalized spacial score (nSPS) is 15.7. The average molecular weight is 377 g/mol. The van der Waals surface area contributed by atoms with E-state index in [-0.39, 0.29) is 11.6 Å². The highest BCUT2D eigenvalue weighted by atomic mass is 79.9. The fourth-order valence-corrected chi connectivity index (χ4v) is 3.01. The maximum Gasteiger partial charge on any atom is 0.176 e. The van der Waals surface area contributed by atoms with Crippen LogP contribution in [0, 0.1) is 5.82 Å². The predicted molar refractivity (Wildman–Crippen MR) is 93.5 cm³/mol. The predicted octanol–water partition coefficient (Wildman–Crippen LogP) is 3.59. The van der Waals surface area contributed by atoms with Crippen molar-refractivity contribution in [2.24, 2.45) is 0 Å². The number of carbonyl (C=O) groups excluding carboxylic acids is 1. The lowest BCUT2D eigenvalue weighted by molar-refractivity contribution is 0.0926. The first-order chi connectivity index (χ1) is 11.1. The van der Waals surface area contributed by atoms with Gasteiger partial charge in [0.15, 0.2) is 5.78 Å². The summed E-state index contributed by atoms with van der Waals surface area (Å²) in [7, 11) is 0. The third-order valence-corrected chi connectivity index (χ3v) is 4.63. The molecule has 3 rings (SSSR count). The summed E-state index contributed by atoms with van der Waals surface area (Å²) in [6, 6.07) is 14.1. The second-order valence-electron chi connectivity index (χ2n) is 5.67. The lowest BCUT2D eigenvalue weighted by Crippen LogP contribution is -2.48. The lowest BCUT2D eigenvalue weighted by Gasteiger charge is -2.35. The summed E-state index contributed by atoms with van der Waals surface area (Å²) < 4.78 is 14.0. The number of ketones is 1. The number of hydrogen-bond donors (Lipinski definition) is 0. The van der Waals surface area contributed by atoms with Crippen LogP contribution in [0.2, 0.25) is 0 Å². The molecule has 0 spiro atoms. The topological polar surface area (TPSA) is 23.6 Å². The average Bonchev–Trinajstić information content (AvgIpc) is 2.57. The minimum Gasteiger partial charge on any atom is -0.369 e. The molecular formula is C18H18BrFN2O. The smallest absolute Gasteiger partial charge is 0.176 e. The van der Waals surface area contributed by atoms with Crippen LogP contribution in [0.3, 0.4) is 0 Å². The molecule has 2 aromatic carbocycles. The molecule has 1 aliphatic heterocycles. The Kier molecular flexibility index (Phi) is 5.08. The Labute approximate surface area is 143 Å². The third kappa shape index (κ3) is 4.18. The van der Waals surface area contributed by atoms with Crippen molar-refractivity contribution in [1.29, 1.82) is 0 Å². The van der Waals surface area contributed by atoms with Crippen molar-refractivity contribution < 1.29 is 9.18 Å². The molecule has 0 atom stereocenters. The minimum atomic E-state index is -0.215. The van der Waals surface area contributed by atoms with Crippen LogP contribution in [0.15, 0.2) is 53.0 Å². The Morgan fingerprint density at radius 1 is 0.957 bits per heavy atom. The van der Waals surface area contributed by atoms with Gasteiger partial charge in [-0.1, -0.05) is 28.1 Å². The van der Waals surface area contributed by atoms with E-state index < -0.39 is 0 Å². The number of nitrogens with zero attached hydrogens (tertiary/aromatic N) is 2. The van der Waals surface area contributed by atoms with E-state index in [2.05, 4.69) is 25.7 Å². The number of hydrogen-bond acceptors (Lipinski definition) is 3. The molecule has 0 amide bonds. The largest absolute Gasteiger partial charge is 0.369 e. The number of piperazine rings is 1. The molecule has 0 bridgehead atoms. The monoisotopic (exact) mass is 376 g/mol. The van der Waals surface area contributed by atoms with Crippen molar-refractivity contribution in [3.63, 3.8) is 0 Å². The Balaban J connectivity index is 1.53. The molecule has 0 N–H and O–H groups in total. The number of halogens is 2. The summed E-state index contributed by atoms with van der Waals surface area (Å²) in [5.41, 5.74) is 1.78. The van der Waals surface area contributed by atoms with Crippen LogP contribution < -0.4 is 4.90 Å². The third-order valence-electron chi connectivity index (χ3n) is 4.10. The van der Waals surface area contributed by atoms with E-state index in [0.29, 0.717) is 6.54 Å². The Bertz CT molecular complexity index is 664. The second-order valence-corrected chi connectivity index (χ2v) is 6.59. The van der Waals surface area contributed by atoms with Gasteiger partial charge in [-0.3, -0.25) is 9.69 Å². The second kappa shape index (κ2) is 7.23. The molecule has 3 nitrogen and oxygen atoms in total. The van der Waals surface area contributed by atoms with Crippen LogP contribution >= 0.6 is 15.9 Å². The first kappa shape index (κ1) is 16.1. The van der Waals surface area contributed by atoms with E-state index in [4.69, 9.17) is 0 Å². The van der Waals surface area contributed by atoms with Gasteiger partial charge < -0.3 is 4.90 Å². The minimum absolute atomic E-state index is 0.146. The van der Waals surface area contributed by atoms with Crippen LogP contribution in [0.4, 0.5) is 10.1 Å². The Morgan fingerprint density at radius 2 is 1.57 bits per heavy atom. The highest BCUT2D eigenvalue weighted by Gasteiger charge is 2.19. The fraction of sp³-hybridized carbons (Fsp3) is 0.278. The molecule has 5 heteroatoms. The van der Waals surface area contributed by atoms with Gasteiger partial charge in [-0.15, -0.1) is 0 Å². The number of benzene rings is 2. The van der Waals surface area contributed by atoms with Gasteiger partial charge in [0.05, 0.1) is 6.54 Å². The summed E-state index contributed by atoms with van der Waals surface area (Å²) in [4.78, 5) is 16.7. The van der Waals surface area contributed by atoms with Crippen molar-refractivity contribution >= 4 is 27.4 Å². The molecule has 1 heterocycles. The number of rotatable bonds is 4. The summed E-state index contributed by atoms with van der Waals surface area (Å²) in [6.07, 6.45) is 0. The van der Waals surface area contributed by atoms with Crippen LogP contribution in [0.1, 0.15) is 10.4 Å². The molecule has 0 unspecified atom stereocenters. The molecular weight excluding hydrogens is 359 g/mol. The van der Waals surface area contributed by atoms with Gasteiger partial charge in [0.2, 0.25) is 0 Å². The molecule has 0 aromatic heterocycles. The summed E-state index contributed by atoms with van der Waals surface area (Å²) in [6.45, 7) is 3.80. The summed E-state index contributed by atoms with van der Waals surface area (Å²) >= 11 is 3.38. The molecule has 0 saturated carbocycles. The van der Waals surface area contributed by atoms with E-state index in [1.165, 1.54) is 12.1 Å². The molecule has 1 fully saturated rings. The SMILES string of the molecule is O=C(CN1CCN(c2ccc(F)cc2)CC1)c1ccc(Br)cc1. The first-order valence-corrected chi connectivity index (χ1v) is 8.43. The highest BCUT2D eigenvalue weighted by Crippen LogP contribution is 2.17. The van der Waals surface area contributed by atoms with Crippen molar-refractivity contribution in [1.82, 2.24) is 4.90 Å². The summed E-state index contributed by atoms with van der Waals surface area (Å²) in [5, 5.41) is 0. The standard InChI is InChI=1S/C18H18BrFN2O/c19-15-3-1-14(2-4-15)18(23)13-21-9-11-22(12-10-21)17-7-5-16(20)6-8-17/h1-8H,9-13H2. The molecule has 2 aromatic rings. The van der Waals surface area contributed by atoms with E-state index in [0.717, 1.165) is 41.9 Å². The fourth-order valence-electron chi connectivity index (χ4n) is 2.75. The van der Waals surface area contributed by atoms with Gasteiger partial charge in [0, 0.05) is 41.9 Å². The van der Waals surface area contributed by atoms with E-state index in [1.54, 1.807) is 12.1 Å². The molecule has 1 saturated heterocycles. The van der Waals surface area contributed by atoms with Crippen LogP contribution in [-0.4, -0.2) is 43.4 Å². The highest BCUT2D eigenvalue weighted by molar-refractivity contribution is 9.10. The zero-order valence-electron chi connectivity index (χ0n) is 12.7. The summed E-state index contributed by atoms with van der Waals surface area (Å²) in [5.74, 6) is -0.0692. The molecule has 1 aliphatic rings. The van der Waals surface area contributed by atoms with Gasteiger partial charge in [-0.25, -0.2) is 4.39 Å². The zero-order chi connectivity index (χ0) is 16.2. The van der Waals surface area contributed by atoms with Gasteiger partial charge in [0.1, 0.15) is 5.82 Å². The molecule has 0 aliphatic carbocycles. The van der Waals surface area contributed by atoms with Crippen LogP contribution in [0.25, 0.3) is 0 Å². The van der Waals surface area contributed by atoms with Crippen molar-refractivity contribution in [2.45, 2.75) is 0 Å². The van der Waals surface area contributed by atoms with Crippen molar-refractivity contribution in [3.05, 3.63) is 64.4 Å². The quantitative estimate of drug-likeness (QED) is 0.761. The number of carbonyl (C=O) groups is 1.